The first kappa shape index (κ1) is 20.6. The monoisotopic (exact) mass is 425 g/mol. The summed E-state index contributed by atoms with van der Waals surface area (Å²) >= 11 is 1.24. The highest BCUT2D eigenvalue weighted by molar-refractivity contribution is 7.89. The van der Waals surface area contributed by atoms with Crippen LogP contribution in [0.2, 0.25) is 0 Å². The molecule has 0 aliphatic carbocycles. The number of aromatic nitrogens is 2. The van der Waals surface area contributed by atoms with Gasteiger partial charge in [-0.1, -0.05) is 11.3 Å². The minimum absolute atomic E-state index is 0.121. The van der Waals surface area contributed by atoms with Gasteiger partial charge in [0.15, 0.2) is 0 Å². The number of benzene rings is 1. The van der Waals surface area contributed by atoms with Crippen LogP contribution in [0.1, 0.15) is 21.7 Å². The number of sulfonamides is 1. The molecule has 1 aromatic heterocycles. The highest BCUT2D eigenvalue weighted by atomic mass is 32.2. The van der Waals surface area contributed by atoms with Crippen molar-refractivity contribution in [3.05, 3.63) is 34.3 Å². The molecule has 1 N–H and O–H groups in total. The second-order valence-electron chi connectivity index (χ2n) is 6.26. The van der Waals surface area contributed by atoms with E-state index in [1.54, 1.807) is 38.3 Å². The number of amides is 1. The molecular weight excluding hydrogens is 402 g/mol. The highest BCUT2D eigenvalue weighted by Gasteiger charge is 2.26. The van der Waals surface area contributed by atoms with Crippen molar-refractivity contribution in [2.75, 3.05) is 44.4 Å². The van der Waals surface area contributed by atoms with Gasteiger partial charge in [-0.2, -0.15) is 4.31 Å². The molecule has 1 aliphatic rings. The molecule has 28 heavy (non-hydrogen) atoms. The van der Waals surface area contributed by atoms with E-state index < -0.39 is 10.0 Å². The van der Waals surface area contributed by atoms with Crippen LogP contribution < -0.4 is 10.1 Å². The van der Waals surface area contributed by atoms with Crippen LogP contribution in [0.15, 0.2) is 24.3 Å². The minimum Gasteiger partial charge on any atom is -0.497 e. The van der Waals surface area contributed by atoms with E-state index in [-0.39, 0.29) is 16.7 Å². The summed E-state index contributed by atoms with van der Waals surface area (Å²) in [6, 6.07) is 7.03. The van der Waals surface area contributed by atoms with Crippen molar-refractivity contribution in [3.8, 4) is 5.75 Å². The lowest BCUT2D eigenvalue weighted by Crippen LogP contribution is -2.48. The second kappa shape index (κ2) is 8.95. The number of hydrogen-bond acceptors (Lipinski definition) is 8. The second-order valence-corrected chi connectivity index (χ2v) is 9.58. The smallest absolute Gasteiger partial charge is 0.286 e. The third kappa shape index (κ3) is 5.04. The van der Waals surface area contributed by atoms with E-state index in [2.05, 4.69) is 20.4 Å². The van der Waals surface area contributed by atoms with Crippen molar-refractivity contribution in [3.63, 3.8) is 0 Å². The summed E-state index contributed by atoms with van der Waals surface area (Å²) < 4.78 is 30.5. The van der Waals surface area contributed by atoms with E-state index in [4.69, 9.17) is 4.74 Å². The molecule has 3 rings (SSSR count). The van der Waals surface area contributed by atoms with Crippen molar-refractivity contribution in [2.24, 2.45) is 0 Å². The molecule has 1 aliphatic heterocycles. The Bertz CT molecular complexity index is 906. The Morgan fingerprint density at radius 1 is 1.18 bits per heavy atom. The number of carbonyl (C=O) groups is 1. The molecule has 2 aromatic rings. The lowest BCUT2D eigenvalue weighted by Gasteiger charge is -2.33. The Labute approximate surface area is 168 Å². The third-order valence-electron chi connectivity index (χ3n) is 4.46. The van der Waals surface area contributed by atoms with Gasteiger partial charge in [0.05, 0.1) is 19.4 Å². The van der Waals surface area contributed by atoms with Crippen LogP contribution in [-0.2, 0) is 16.6 Å². The normalized spacial score (nSPS) is 16.1. The molecule has 1 fully saturated rings. The van der Waals surface area contributed by atoms with Crippen molar-refractivity contribution < 1.29 is 17.9 Å². The molecule has 1 aromatic carbocycles. The Kier molecular flexibility index (Phi) is 6.60. The van der Waals surface area contributed by atoms with Crippen LogP contribution in [0, 0.1) is 0 Å². The average molecular weight is 426 g/mol. The van der Waals surface area contributed by atoms with Gasteiger partial charge < -0.3 is 10.1 Å². The fourth-order valence-electron chi connectivity index (χ4n) is 2.81. The zero-order chi connectivity index (χ0) is 20.1. The molecule has 1 amide bonds. The van der Waals surface area contributed by atoms with Gasteiger partial charge in [0.2, 0.25) is 15.0 Å². The van der Waals surface area contributed by atoms with Gasteiger partial charge in [-0.25, -0.2) is 8.42 Å². The largest absolute Gasteiger partial charge is 0.497 e. The summed E-state index contributed by atoms with van der Waals surface area (Å²) in [4.78, 5) is 14.5. The molecule has 9 nitrogen and oxygen atoms in total. The van der Waals surface area contributed by atoms with E-state index in [1.165, 1.54) is 15.6 Å². The van der Waals surface area contributed by atoms with Crippen LogP contribution in [-0.4, -0.2) is 72.8 Å². The zero-order valence-corrected chi connectivity index (χ0v) is 17.4. The predicted octanol–water partition coefficient (Wildman–Crippen LogP) is 1.27. The molecule has 0 atom stereocenters. The molecule has 0 radical (unpaired) electrons. The van der Waals surface area contributed by atoms with Gasteiger partial charge in [0.25, 0.3) is 5.91 Å². The zero-order valence-electron chi connectivity index (χ0n) is 15.8. The number of nitrogens with zero attached hydrogens (tertiary/aromatic N) is 4. The molecule has 0 saturated carbocycles. The van der Waals surface area contributed by atoms with Crippen molar-refractivity contribution in [1.82, 2.24) is 19.4 Å². The van der Waals surface area contributed by atoms with Crippen molar-refractivity contribution >= 4 is 33.0 Å². The van der Waals surface area contributed by atoms with Crippen LogP contribution in [0.5, 0.6) is 5.75 Å². The topological polar surface area (TPSA) is 105 Å². The minimum atomic E-state index is -3.14. The molecule has 152 valence electrons. The summed E-state index contributed by atoms with van der Waals surface area (Å²) in [7, 11) is -1.56. The van der Waals surface area contributed by atoms with Crippen LogP contribution in [0.25, 0.3) is 0 Å². The fourth-order valence-corrected chi connectivity index (χ4v) is 4.67. The highest BCUT2D eigenvalue weighted by Crippen LogP contribution is 2.18. The Morgan fingerprint density at radius 3 is 2.46 bits per heavy atom. The number of hydrogen-bond donors (Lipinski definition) is 1. The molecule has 0 unspecified atom stereocenters. The Balaban J connectivity index is 1.53. The quantitative estimate of drug-likeness (QED) is 0.712. The number of ether oxygens (including phenoxy) is 1. The van der Waals surface area contributed by atoms with Gasteiger partial charge in [-0.15, -0.1) is 10.2 Å². The van der Waals surface area contributed by atoms with E-state index in [0.29, 0.717) is 44.2 Å². The standard InChI is InChI=1S/C17H23N5O4S2/c1-3-28(24,25)22-10-8-21(9-11-22)12-15-19-20-17(27-15)16(23)18-13-4-6-14(26-2)7-5-13/h4-7H,3,8-12H2,1-2H3,(H,18,23). The van der Waals surface area contributed by atoms with E-state index >= 15 is 0 Å². The van der Waals surface area contributed by atoms with E-state index in [0.717, 1.165) is 5.01 Å². The molecule has 0 spiro atoms. The molecule has 0 bridgehead atoms. The fraction of sp³-hybridized carbons (Fsp3) is 0.471. The van der Waals surface area contributed by atoms with Gasteiger partial charge in [0, 0.05) is 31.9 Å². The third-order valence-corrected chi connectivity index (χ3v) is 7.25. The van der Waals surface area contributed by atoms with Gasteiger partial charge in [-0.05, 0) is 31.2 Å². The number of rotatable bonds is 7. The number of piperazine rings is 1. The summed E-state index contributed by atoms with van der Waals surface area (Å²) in [6.07, 6.45) is 0. The first-order valence-electron chi connectivity index (χ1n) is 8.89. The van der Waals surface area contributed by atoms with Crippen molar-refractivity contribution in [2.45, 2.75) is 13.5 Å². The molecule has 1 saturated heterocycles. The Morgan fingerprint density at radius 2 is 1.86 bits per heavy atom. The van der Waals surface area contributed by atoms with Crippen LogP contribution in [0.3, 0.4) is 0 Å². The van der Waals surface area contributed by atoms with Crippen LogP contribution in [0.4, 0.5) is 5.69 Å². The molecular formula is C17H23N5O4S2. The molecule has 2 heterocycles. The number of methoxy groups -OCH3 is 1. The summed E-state index contributed by atoms with van der Waals surface area (Å²) in [5.74, 6) is 0.520. The maximum Gasteiger partial charge on any atom is 0.286 e. The predicted molar refractivity (Wildman–Crippen MR) is 107 cm³/mol. The van der Waals surface area contributed by atoms with Gasteiger partial charge in [0.1, 0.15) is 10.8 Å². The van der Waals surface area contributed by atoms with E-state index in [9.17, 15) is 13.2 Å². The lowest BCUT2D eigenvalue weighted by atomic mass is 10.3. The van der Waals surface area contributed by atoms with Crippen LogP contribution >= 0.6 is 11.3 Å². The maximum atomic E-state index is 12.3. The Hall–Kier alpha value is -2.08. The SMILES string of the molecule is CCS(=O)(=O)N1CCN(Cc2nnc(C(=O)Nc3ccc(OC)cc3)s2)CC1. The number of anilines is 1. The van der Waals surface area contributed by atoms with Gasteiger partial charge >= 0.3 is 0 Å². The van der Waals surface area contributed by atoms with Gasteiger partial charge in [-0.3, -0.25) is 9.69 Å². The lowest BCUT2D eigenvalue weighted by molar-refractivity contribution is 0.102. The summed E-state index contributed by atoms with van der Waals surface area (Å²) in [6.45, 7) is 4.41. The number of nitrogens with one attached hydrogen (secondary N) is 1. The average Bonchev–Trinajstić information content (AvgIpc) is 3.17. The van der Waals surface area contributed by atoms with E-state index in [1.807, 2.05) is 0 Å². The molecule has 11 heteroatoms. The maximum absolute atomic E-state index is 12.3. The summed E-state index contributed by atoms with van der Waals surface area (Å²) in [5.41, 5.74) is 0.649. The number of carbonyl (C=O) groups excluding carboxylic acids is 1. The first-order valence-corrected chi connectivity index (χ1v) is 11.3. The summed E-state index contributed by atoms with van der Waals surface area (Å²) in [5, 5.41) is 11.9. The van der Waals surface area contributed by atoms with Crippen molar-refractivity contribution in [1.29, 1.82) is 0 Å². The first-order chi connectivity index (χ1) is 13.4.